The van der Waals surface area contributed by atoms with Crippen LogP contribution in [0.2, 0.25) is 0 Å². The van der Waals surface area contributed by atoms with Crippen LogP contribution in [0.15, 0.2) is 146 Å². The number of hydrogen-bond acceptors (Lipinski definition) is 2. The van der Waals surface area contributed by atoms with Gasteiger partial charge in [0.05, 0.1) is 33.5 Å². The SMILES string of the molecule is CC1(C)c2ccc3c(c2-c2c1c1ccccc1n2-c1ccccc1)c1ccccc1n3-c1nc(-c2ccccc2)c2ccccc2n1. The summed E-state index contributed by atoms with van der Waals surface area (Å²) in [5, 5.41) is 4.78. The van der Waals surface area contributed by atoms with E-state index in [-0.39, 0.29) is 5.41 Å². The average molecular weight is 603 g/mol. The summed E-state index contributed by atoms with van der Waals surface area (Å²) in [5.41, 5.74) is 12.6. The molecule has 0 spiro atoms. The molecule has 0 saturated heterocycles. The molecule has 0 N–H and O–H groups in total. The Labute approximate surface area is 272 Å². The average Bonchev–Trinajstić information content (AvgIpc) is 3.73. The van der Waals surface area contributed by atoms with Gasteiger partial charge in [0.2, 0.25) is 5.95 Å². The molecule has 222 valence electrons. The van der Waals surface area contributed by atoms with Gasteiger partial charge in [-0.05, 0) is 47.5 Å². The summed E-state index contributed by atoms with van der Waals surface area (Å²) in [4.78, 5) is 10.5. The van der Waals surface area contributed by atoms with Crippen LogP contribution in [0.3, 0.4) is 0 Å². The predicted octanol–water partition coefficient (Wildman–Crippen LogP) is 10.6. The van der Waals surface area contributed by atoms with E-state index < -0.39 is 0 Å². The molecule has 6 aromatic carbocycles. The van der Waals surface area contributed by atoms with Gasteiger partial charge in [0, 0.05) is 43.8 Å². The quantitative estimate of drug-likeness (QED) is 0.202. The van der Waals surface area contributed by atoms with Crippen LogP contribution in [0, 0.1) is 0 Å². The zero-order valence-corrected chi connectivity index (χ0v) is 26.1. The van der Waals surface area contributed by atoms with E-state index in [0.29, 0.717) is 5.95 Å². The standard InChI is InChI=1S/C43H30N4/c1-43(2)32-25-26-36-37(38(32)41-39(43)31-21-11-14-24-35(31)46(41)28-17-7-4-8-18-28)30-20-10-13-23-34(30)47(36)42-44-33-22-12-9-19-29(33)40(45-42)27-15-5-3-6-16-27/h3-26H,1-2H3. The maximum atomic E-state index is 5.33. The molecule has 9 aromatic rings. The lowest BCUT2D eigenvalue weighted by Gasteiger charge is -2.21. The molecule has 4 heteroatoms. The molecule has 3 aromatic heterocycles. The highest BCUT2D eigenvalue weighted by Crippen LogP contribution is 2.57. The molecule has 0 radical (unpaired) electrons. The van der Waals surface area contributed by atoms with Crippen LogP contribution in [0.4, 0.5) is 0 Å². The number of nitrogens with zero attached hydrogens (tertiary/aromatic N) is 4. The van der Waals surface area contributed by atoms with Crippen LogP contribution in [-0.4, -0.2) is 19.1 Å². The highest BCUT2D eigenvalue weighted by Gasteiger charge is 2.42. The molecule has 10 rings (SSSR count). The lowest BCUT2D eigenvalue weighted by molar-refractivity contribution is 0.666. The molecule has 47 heavy (non-hydrogen) atoms. The van der Waals surface area contributed by atoms with E-state index in [9.17, 15) is 0 Å². The minimum absolute atomic E-state index is 0.193. The zero-order chi connectivity index (χ0) is 31.3. The molecule has 0 saturated carbocycles. The summed E-state index contributed by atoms with van der Waals surface area (Å²) in [6, 6.07) is 51.8. The number of rotatable bonds is 3. The summed E-state index contributed by atoms with van der Waals surface area (Å²) in [6.45, 7) is 4.76. The van der Waals surface area contributed by atoms with Gasteiger partial charge >= 0.3 is 0 Å². The molecule has 0 unspecified atom stereocenters. The van der Waals surface area contributed by atoms with Crippen molar-refractivity contribution in [2.75, 3.05) is 0 Å². The molecule has 0 bridgehead atoms. The maximum absolute atomic E-state index is 5.33. The fraction of sp³-hybridized carbons (Fsp3) is 0.0698. The van der Waals surface area contributed by atoms with E-state index in [1.807, 2.05) is 6.07 Å². The second-order valence-corrected chi connectivity index (χ2v) is 13.0. The normalized spacial score (nSPS) is 13.5. The molecule has 3 heterocycles. The Bertz CT molecular complexity index is 2700. The van der Waals surface area contributed by atoms with E-state index in [1.54, 1.807) is 0 Å². The summed E-state index contributed by atoms with van der Waals surface area (Å²) in [6.07, 6.45) is 0. The van der Waals surface area contributed by atoms with Gasteiger partial charge in [-0.2, -0.15) is 0 Å². The molecule has 1 aliphatic carbocycles. The van der Waals surface area contributed by atoms with Gasteiger partial charge < -0.3 is 4.57 Å². The minimum Gasteiger partial charge on any atom is -0.309 e. The third-order valence-corrected chi connectivity index (χ3v) is 10.1. The van der Waals surface area contributed by atoms with Crippen molar-refractivity contribution in [3.8, 4) is 34.2 Å². The van der Waals surface area contributed by atoms with Crippen molar-refractivity contribution < 1.29 is 0 Å². The second kappa shape index (κ2) is 9.51. The van der Waals surface area contributed by atoms with E-state index >= 15 is 0 Å². The molecule has 0 amide bonds. The Balaban J connectivity index is 1.36. The van der Waals surface area contributed by atoms with E-state index in [2.05, 4.69) is 163 Å². The minimum atomic E-state index is -0.193. The van der Waals surface area contributed by atoms with E-state index in [0.717, 1.165) is 33.2 Å². The van der Waals surface area contributed by atoms with Crippen LogP contribution in [0.5, 0.6) is 0 Å². The molecule has 1 aliphatic rings. The van der Waals surface area contributed by atoms with Gasteiger partial charge in [-0.1, -0.05) is 123 Å². The smallest absolute Gasteiger partial charge is 0.235 e. The van der Waals surface area contributed by atoms with Crippen LogP contribution < -0.4 is 0 Å². The fourth-order valence-corrected chi connectivity index (χ4v) is 8.11. The van der Waals surface area contributed by atoms with E-state index in [1.165, 1.54) is 49.7 Å². The maximum Gasteiger partial charge on any atom is 0.235 e. The zero-order valence-electron chi connectivity index (χ0n) is 26.1. The van der Waals surface area contributed by atoms with Gasteiger partial charge in [0.15, 0.2) is 0 Å². The first-order chi connectivity index (χ1) is 23.1. The van der Waals surface area contributed by atoms with Crippen LogP contribution in [0.1, 0.15) is 25.0 Å². The highest BCUT2D eigenvalue weighted by molar-refractivity contribution is 6.19. The Kier molecular flexibility index (Phi) is 5.31. The van der Waals surface area contributed by atoms with E-state index in [4.69, 9.17) is 9.97 Å². The van der Waals surface area contributed by atoms with Gasteiger partial charge in [0.25, 0.3) is 0 Å². The molecule has 0 fully saturated rings. The van der Waals surface area contributed by atoms with Crippen LogP contribution >= 0.6 is 0 Å². The van der Waals surface area contributed by atoms with Crippen LogP contribution in [0.25, 0.3) is 77.8 Å². The lowest BCUT2D eigenvalue weighted by Crippen LogP contribution is -2.14. The lowest BCUT2D eigenvalue weighted by atomic mass is 9.81. The van der Waals surface area contributed by atoms with Crippen LogP contribution in [-0.2, 0) is 5.41 Å². The number of fused-ring (bicyclic) bond motifs is 10. The fourth-order valence-electron chi connectivity index (χ4n) is 8.11. The van der Waals surface area contributed by atoms with Crippen molar-refractivity contribution in [1.82, 2.24) is 19.1 Å². The van der Waals surface area contributed by atoms with Gasteiger partial charge in [-0.15, -0.1) is 0 Å². The molecule has 0 aliphatic heterocycles. The topological polar surface area (TPSA) is 35.6 Å². The largest absolute Gasteiger partial charge is 0.309 e. The Morgan fingerprint density at radius 1 is 0.511 bits per heavy atom. The first kappa shape index (κ1) is 26.2. The van der Waals surface area contributed by atoms with Gasteiger partial charge in [0.1, 0.15) is 0 Å². The van der Waals surface area contributed by atoms with Crippen molar-refractivity contribution in [2.24, 2.45) is 0 Å². The second-order valence-electron chi connectivity index (χ2n) is 13.0. The Morgan fingerprint density at radius 2 is 1.13 bits per heavy atom. The Hall–Kier alpha value is -6.00. The number of hydrogen-bond donors (Lipinski definition) is 0. The highest BCUT2D eigenvalue weighted by atomic mass is 15.2. The monoisotopic (exact) mass is 602 g/mol. The number of aromatic nitrogens is 4. The predicted molar refractivity (Wildman–Crippen MR) is 194 cm³/mol. The third-order valence-electron chi connectivity index (χ3n) is 10.1. The van der Waals surface area contributed by atoms with Crippen molar-refractivity contribution >= 4 is 43.6 Å². The Morgan fingerprint density at radius 3 is 1.89 bits per heavy atom. The summed E-state index contributed by atoms with van der Waals surface area (Å²) >= 11 is 0. The third kappa shape index (κ3) is 3.53. The molecule has 0 atom stereocenters. The molecular formula is C43H30N4. The van der Waals surface area contributed by atoms with Crippen molar-refractivity contribution in [1.29, 1.82) is 0 Å². The van der Waals surface area contributed by atoms with Crippen molar-refractivity contribution in [2.45, 2.75) is 19.3 Å². The van der Waals surface area contributed by atoms with Crippen molar-refractivity contribution in [3.63, 3.8) is 0 Å². The number of benzene rings is 6. The number of para-hydroxylation sites is 4. The summed E-state index contributed by atoms with van der Waals surface area (Å²) < 4.78 is 4.74. The van der Waals surface area contributed by atoms with Crippen molar-refractivity contribution in [3.05, 3.63) is 157 Å². The summed E-state index contributed by atoms with van der Waals surface area (Å²) in [7, 11) is 0. The van der Waals surface area contributed by atoms with Gasteiger partial charge in [-0.25, -0.2) is 9.97 Å². The van der Waals surface area contributed by atoms with Gasteiger partial charge in [-0.3, -0.25) is 4.57 Å². The summed E-state index contributed by atoms with van der Waals surface area (Å²) in [5.74, 6) is 0.676. The first-order valence-electron chi connectivity index (χ1n) is 16.2. The first-order valence-corrected chi connectivity index (χ1v) is 16.2. The molecule has 4 nitrogen and oxygen atoms in total. The molecular weight excluding hydrogens is 573 g/mol.